The van der Waals surface area contributed by atoms with Gasteiger partial charge in [-0.15, -0.1) is 12.3 Å². The topological polar surface area (TPSA) is 34.1 Å². The molecule has 0 spiro atoms. The van der Waals surface area contributed by atoms with Gasteiger partial charge in [-0.3, -0.25) is 9.59 Å². The molecule has 0 N–H and O–H groups in total. The van der Waals surface area contributed by atoms with E-state index in [-0.39, 0.29) is 11.6 Å². The first-order valence-corrected chi connectivity index (χ1v) is 3.31. The van der Waals surface area contributed by atoms with Crippen LogP contribution in [0.2, 0.25) is 0 Å². The van der Waals surface area contributed by atoms with Crippen LogP contribution in [0, 0.1) is 12.3 Å². The van der Waals surface area contributed by atoms with Gasteiger partial charge in [0.2, 0.25) is 0 Å². The van der Waals surface area contributed by atoms with E-state index in [1.807, 2.05) is 0 Å². The van der Waals surface area contributed by atoms with Crippen molar-refractivity contribution in [1.29, 1.82) is 0 Å². The second kappa shape index (κ2) is 5.43. The molecule has 0 saturated heterocycles. The molecule has 0 fully saturated rings. The Morgan fingerprint density at radius 2 is 2.09 bits per heavy atom. The van der Waals surface area contributed by atoms with E-state index in [1.54, 1.807) is 0 Å². The maximum atomic E-state index is 10.8. The van der Waals surface area contributed by atoms with Crippen molar-refractivity contribution >= 4 is 11.6 Å². The highest BCUT2D eigenvalue weighted by Crippen LogP contribution is 1.90. The number of carbonyl (C=O) groups excluding carboxylic acids is 2. The Kier molecular flexibility index (Phi) is 4.76. The molecule has 0 aliphatic rings. The van der Waals surface area contributed by atoms with Crippen LogP contribution in [0.3, 0.4) is 0 Å². The van der Waals surface area contributed by atoms with E-state index in [1.165, 1.54) is 19.1 Å². The average molecular weight is 150 g/mol. The summed E-state index contributed by atoms with van der Waals surface area (Å²) >= 11 is 0. The predicted octanol–water partition coefficient (Wildman–Crippen LogP) is 1.11. The minimum Gasteiger partial charge on any atom is -0.295 e. The zero-order valence-electron chi connectivity index (χ0n) is 6.46. The van der Waals surface area contributed by atoms with Gasteiger partial charge in [0.05, 0.1) is 0 Å². The molecule has 0 aromatic rings. The molecular formula is C9H10O2. The molecule has 0 saturated carbocycles. The number of carbonyl (C=O) groups is 2. The first kappa shape index (κ1) is 9.64. The average Bonchev–Trinajstić information content (AvgIpc) is 1.97. The summed E-state index contributed by atoms with van der Waals surface area (Å²) in [7, 11) is 0. The van der Waals surface area contributed by atoms with Gasteiger partial charge >= 0.3 is 0 Å². The van der Waals surface area contributed by atoms with Gasteiger partial charge < -0.3 is 0 Å². The lowest BCUT2D eigenvalue weighted by atomic mass is 10.2. The third kappa shape index (κ3) is 6.53. The largest absolute Gasteiger partial charge is 0.295 e. The molecule has 0 aromatic heterocycles. The fourth-order valence-electron chi connectivity index (χ4n) is 0.489. The highest BCUT2D eigenvalue weighted by Gasteiger charge is 1.93. The van der Waals surface area contributed by atoms with Gasteiger partial charge in [0.15, 0.2) is 11.6 Å². The molecular weight excluding hydrogens is 140 g/mol. The number of terminal acetylenes is 1. The minimum absolute atomic E-state index is 0.0989. The van der Waals surface area contributed by atoms with Crippen LogP contribution in [-0.4, -0.2) is 11.6 Å². The second-order valence-corrected chi connectivity index (χ2v) is 2.11. The third-order valence-corrected chi connectivity index (χ3v) is 1.02. The fraction of sp³-hybridized carbons (Fsp3) is 0.333. The quantitative estimate of drug-likeness (QED) is 0.444. The number of hydrogen-bond donors (Lipinski definition) is 0. The lowest BCUT2D eigenvalue weighted by Crippen LogP contribution is -1.92. The molecule has 0 atom stereocenters. The van der Waals surface area contributed by atoms with Crippen LogP contribution in [0.1, 0.15) is 19.8 Å². The lowest BCUT2D eigenvalue weighted by molar-refractivity contribution is -0.116. The number of ketones is 2. The molecule has 0 aliphatic carbocycles. The number of allylic oxidation sites excluding steroid dienone is 2. The summed E-state index contributed by atoms with van der Waals surface area (Å²) in [6.07, 6.45) is 8.20. The van der Waals surface area contributed by atoms with Gasteiger partial charge in [0, 0.05) is 12.8 Å². The van der Waals surface area contributed by atoms with E-state index in [9.17, 15) is 9.59 Å². The highest BCUT2D eigenvalue weighted by molar-refractivity contribution is 5.97. The van der Waals surface area contributed by atoms with Crippen LogP contribution in [0.15, 0.2) is 12.2 Å². The Bertz CT molecular complexity index is 218. The predicted molar refractivity (Wildman–Crippen MR) is 42.9 cm³/mol. The fourth-order valence-corrected chi connectivity index (χ4v) is 0.489. The molecule has 2 nitrogen and oxygen atoms in total. The van der Waals surface area contributed by atoms with E-state index in [2.05, 4.69) is 5.92 Å². The Balaban J connectivity index is 3.71. The van der Waals surface area contributed by atoms with Gasteiger partial charge in [-0.05, 0) is 19.1 Å². The second-order valence-electron chi connectivity index (χ2n) is 2.11. The van der Waals surface area contributed by atoms with E-state index < -0.39 is 0 Å². The standard InChI is InChI=1S/C9H10O2/c1-3-4-5-9(11)7-6-8(2)10/h1,6-7H,4-5H2,2H3. The van der Waals surface area contributed by atoms with Crippen LogP contribution in [0.5, 0.6) is 0 Å². The van der Waals surface area contributed by atoms with Crippen molar-refractivity contribution in [3.05, 3.63) is 12.2 Å². The molecule has 0 aromatic carbocycles. The first-order valence-electron chi connectivity index (χ1n) is 3.31. The zero-order chi connectivity index (χ0) is 8.69. The molecule has 0 rings (SSSR count). The molecule has 2 heteroatoms. The van der Waals surface area contributed by atoms with Crippen molar-refractivity contribution in [3.63, 3.8) is 0 Å². The van der Waals surface area contributed by atoms with Gasteiger partial charge in [-0.1, -0.05) is 0 Å². The van der Waals surface area contributed by atoms with Crippen molar-refractivity contribution in [1.82, 2.24) is 0 Å². The van der Waals surface area contributed by atoms with Crippen molar-refractivity contribution in [2.24, 2.45) is 0 Å². The molecule has 0 aliphatic heterocycles. The van der Waals surface area contributed by atoms with Crippen LogP contribution in [0.25, 0.3) is 0 Å². The summed E-state index contributed by atoms with van der Waals surface area (Å²) in [6.45, 7) is 1.39. The summed E-state index contributed by atoms with van der Waals surface area (Å²) in [4.78, 5) is 21.1. The van der Waals surface area contributed by atoms with E-state index in [0.717, 1.165) is 0 Å². The third-order valence-electron chi connectivity index (χ3n) is 1.02. The van der Waals surface area contributed by atoms with Gasteiger partial charge in [-0.2, -0.15) is 0 Å². The summed E-state index contributed by atoms with van der Waals surface area (Å²) in [5, 5.41) is 0. The van der Waals surface area contributed by atoms with Crippen LogP contribution in [0.4, 0.5) is 0 Å². The van der Waals surface area contributed by atoms with Gasteiger partial charge in [-0.25, -0.2) is 0 Å². The number of hydrogen-bond acceptors (Lipinski definition) is 2. The molecule has 0 heterocycles. The van der Waals surface area contributed by atoms with Crippen molar-refractivity contribution < 1.29 is 9.59 Å². The maximum Gasteiger partial charge on any atom is 0.156 e. The van der Waals surface area contributed by atoms with Crippen molar-refractivity contribution in [2.75, 3.05) is 0 Å². The minimum atomic E-state index is -0.126. The summed E-state index contributed by atoms with van der Waals surface area (Å²) < 4.78 is 0. The first-order chi connectivity index (χ1) is 5.16. The number of rotatable bonds is 4. The summed E-state index contributed by atoms with van der Waals surface area (Å²) in [6, 6.07) is 0. The van der Waals surface area contributed by atoms with Crippen molar-refractivity contribution in [3.8, 4) is 12.3 Å². The molecule has 0 amide bonds. The van der Waals surface area contributed by atoms with E-state index in [4.69, 9.17) is 6.42 Å². The smallest absolute Gasteiger partial charge is 0.156 e. The highest BCUT2D eigenvalue weighted by atomic mass is 16.1. The summed E-state index contributed by atoms with van der Waals surface area (Å²) in [5.41, 5.74) is 0. The van der Waals surface area contributed by atoms with E-state index in [0.29, 0.717) is 12.8 Å². The normalized spacial score (nSPS) is 9.45. The van der Waals surface area contributed by atoms with Gasteiger partial charge in [0.1, 0.15) is 0 Å². The maximum absolute atomic E-state index is 10.8. The van der Waals surface area contributed by atoms with E-state index >= 15 is 0 Å². The molecule has 58 valence electrons. The SMILES string of the molecule is C#CCCC(=O)C=CC(C)=O. The molecule has 0 bridgehead atoms. The summed E-state index contributed by atoms with van der Waals surface area (Å²) in [5.74, 6) is 2.12. The molecule has 0 unspecified atom stereocenters. The lowest BCUT2D eigenvalue weighted by Gasteiger charge is -1.86. The zero-order valence-corrected chi connectivity index (χ0v) is 6.46. The van der Waals surface area contributed by atoms with Crippen LogP contribution < -0.4 is 0 Å². The van der Waals surface area contributed by atoms with Gasteiger partial charge in [0.25, 0.3) is 0 Å². The monoisotopic (exact) mass is 150 g/mol. The van der Waals surface area contributed by atoms with Crippen molar-refractivity contribution in [2.45, 2.75) is 19.8 Å². The Morgan fingerprint density at radius 1 is 1.45 bits per heavy atom. The van der Waals surface area contributed by atoms with Crippen LogP contribution in [-0.2, 0) is 9.59 Å². The Labute approximate surface area is 66.3 Å². The molecule has 0 radical (unpaired) electrons. The van der Waals surface area contributed by atoms with Crippen LogP contribution >= 0.6 is 0 Å². The Hall–Kier alpha value is -1.36. The molecule has 11 heavy (non-hydrogen) atoms. The Morgan fingerprint density at radius 3 is 2.55 bits per heavy atom.